The first-order valence-corrected chi connectivity index (χ1v) is 9.13. The van der Waals surface area contributed by atoms with E-state index >= 15 is 0 Å². The Morgan fingerprint density at radius 3 is 2.30 bits per heavy atom. The number of ether oxygens (including phenoxy) is 1. The van der Waals surface area contributed by atoms with Gasteiger partial charge in [-0.1, -0.05) is 12.1 Å². The summed E-state index contributed by atoms with van der Waals surface area (Å²) in [7, 11) is 0. The molecule has 2 fully saturated rings. The third-order valence-electron chi connectivity index (χ3n) is 4.97. The van der Waals surface area contributed by atoms with Gasteiger partial charge in [-0.25, -0.2) is 0 Å². The molecule has 0 aromatic heterocycles. The zero-order chi connectivity index (χ0) is 19.6. The van der Waals surface area contributed by atoms with Crippen molar-refractivity contribution in [2.24, 2.45) is 5.92 Å². The van der Waals surface area contributed by atoms with Crippen molar-refractivity contribution in [2.45, 2.75) is 32.0 Å². The van der Waals surface area contributed by atoms with Crippen LogP contribution >= 0.6 is 0 Å². The fraction of sp³-hybridized carbons (Fsp3) is 0.579. The molecule has 1 aliphatic carbocycles. The van der Waals surface area contributed by atoms with Gasteiger partial charge in [0.15, 0.2) is 0 Å². The summed E-state index contributed by atoms with van der Waals surface area (Å²) in [6.45, 7) is 3.27. The molecular formula is C19H23F3N2O3. The normalized spacial score (nSPS) is 19.1. The van der Waals surface area contributed by atoms with Gasteiger partial charge in [-0.05, 0) is 37.8 Å². The van der Waals surface area contributed by atoms with Gasteiger partial charge in [-0.3, -0.25) is 9.59 Å². The fourth-order valence-corrected chi connectivity index (χ4v) is 3.11. The van der Waals surface area contributed by atoms with Crippen molar-refractivity contribution in [3.63, 3.8) is 0 Å². The molecule has 5 nitrogen and oxygen atoms in total. The van der Waals surface area contributed by atoms with Gasteiger partial charge in [0.05, 0.1) is 17.7 Å². The van der Waals surface area contributed by atoms with Crippen LogP contribution in [0.25, 0.3) is 0 Å². The zero-order valence-corrected chi connectivity index (χ0v) is 15.2. The summed E-state index contributed by atoms with van der Waals surface area (Å²) in [6, 6.07) is 4.78. The smallest absolute Gasteiger partial charge is 0.368 e. The number of carbonyl (C=O) groups excluding carboxylic acids is 2. The molecule has 1 saturated carbocycles. The third-order valence-corrected chi connectivity index (χ3v) is 4.97. The Labute approximate surface area is 156 Å². The molecule has 27 heavy (non-hydrogen) atoms. The lowest BCUT2D eigenvalue weighted by Gasteiger charge is -2.36. The van der Waals surface area contributed by atoms with Crippen molar-refractivity contribution in [2.75, 3.05) is 32.8 Å². The van der Waals surface area contributed by atoms with E-state index in [0.29, 0.717) is 12.5 Å². The standard InChI is InChI=1S/C19H23F3N2O3/c1-13(27-12-14-6-7-14)17(25)23-8-10-24(11-9-23)18(26)15-4-2-3-5-16(15)19(20,21)22/h2-5,13-14H,6-12H2,1H3. The van der Waals surface area contributed by atoms with Crippen LogP contribution in [0.2, 0.25) is 0 Å². The van der Waals surface area contributed by atoms with Crippen LogP contribution in [0.4, 0.5) is 13.2 Å². The van der Waals surface area contributed by atoms with Crippen molar-refractivity contribution in [1.29, 1.82) is 0 Å². The first kappa shape index (κ1) is 19.7. The van der Waals surface area contributed by atoms with E-state index in [2.05, 4.69) is 0 Å². The Morgan fingerprint density at radius 1 is 1.11 bits per heavy atom. The van der Waals surface area contributed by atoms with Gasteiger partial charge in [0, 0.05) is 26.2 Å². The summed E-state index contributed by atoms with van der Waals surface area (Å²) in [4.78, 5) is 27.9. The van der Waals surface area contributed by atoms with Gasteiger partial charge < -0.3 is 14.5 Å². The number of carbonyl (C=O) groups is 2. The first-order valence-electron chi connectivity index (χ1n) is 9.13. The summed E-state index contributed by atoms with van der Waals surface area (Å²) in [6.07, 6.45) is -2.85. The average molecular weight is 384 g/mol. The molecule has 1 saturated heterocycles. The molecule has 2 aliphatic rings. The number of hydrogen-bond donors (Lipinski definition) is 0. The molecule has 0 bridgehead atoms. The van der Waals surface area contributed by atoms with Crippen LogP contribution in [0.1, 0.15) is 35.7 Å². The minimum Gasteiger partial charge on any atom is -0.368 e. The van der Waals surface area contributed by atoms with Crippen LogP contribution in [-0.4, -0.2) is 60.5 Å². The molecule has 1 aromatic rings. The number of amides is 2. The van der Waals surface area contributed by atoms with Gasteiger partial charge in [-0.15, -0.1) is 0 Å². The van der Waals surface area contributed by atoms with Gasteiger partial charge in [0.2, 0.25) is 0 Å². The number of rotatable bonds is 5. The molecule has 0 spiro atoms. The van der Waals surface area contributed by atoms with Gasteiger partial charge in [0.25, 0.3) is 11.8 Å². The zero-order valence-electron chi connectivity index (χ0n) is 15.2. The average Bonchev–Trinajstić information content (AvgIpc) is 3.49. The quantitative estimate of drug-likeness (QED) is 0.785. The highest BCUT2D eigenvalue weighted by molar-refractivity contribution is 5.96. The number of alkyl halides is 3. The van der Waals surface area contributed by atoms with E-state index in [0.717, 1.165) is 18.9 Å². The minimum atomic E-state index is -4.58. The molecule has 1 heterocycles. The topological polar surface area (TPSA) is 49.9 Å². The van der Waals surface area contributed by atoms with E-state index in [1.165, 1.54) is 23.1 Å². The van der Waals surface area contributed by atoms with Crippen LogP contribution in [0.3, 0.4) is 0 Å². The van der Waals surface area contributed by atoms with Gasteiger partial charge in [-0.2, -0.15) is 13.2 Å². The Bertz CT molecular complexity index is 696. The Morgan fingerprint density at radius 2 is 1.70 bits per heavy atom. The number of piperazine rings is 1. The van der Waals surface area contributed by atoms with E-state index in [1.54, 1.807) is 11.8 Å². The lowest BCUT2D eigenvalue weighted by molar-refractivity contribution is -0.144. The lowest BCUT2D eigenvalue weighted by atomic mass is 10.1. The number of halogens is 3. The predicted molar refractivity (Wildman–Crippen MR) is 92.1 cm³/mol. The van der Waals surface area contributed by atoms with E-state index in [-0.39, 0.29) is 37.6 Å². The maximum Gasteiger partial charge on any atom is 0.417 e. The first-order chi connectivity index (χ1) is 12.8. The van der Waals surface area contributed by atoms with Crippen molar-refractivity contribution in [3.8, 4) is 0 Å². The molecule has 1 aromatic carbocycles. The molecule has 8 heteroatoms. The van der Waals surface area contributed by atoms with Crippen LogP contribution < -0.4 is 0 Å². The van der Waals surface area contributed by atoms with Crippen LogP contribution in [-0.2, 0) is 15.7 Å². The van der Waals surface area contributed by atoms with Crippen molar-refractivity contribution in [3.05, 3.63) is 35.4 Å². The molecule has 2 amide bonds. The molecule has 148 valence electrons. The lowest BCUT2D eigenvalue weighted by Crippen LogP contribution is -2.53. The summed E-state index contributed by atoms with van der Waals surface area (Å²) in [5.74, 6) is -0.241. The molecule has 1 unspecified atom stereocenters. The third kappa shape index (κ3) is 4.80. The van der Waals surface area contributed by atoms with Crippen molar-refractivity contribution in [1.82, 2.24) is 9.80 Å². The number of hydrogen-bond acceptors (Lipinski definition) is 3. The summed E-state index contributed by atoms with van der Waals surface area (Å²) in [5.41, 5.74) is -1.29. The van der Waals surface area contributed by atoms with E-state index in [4.69, 9.17) is 4.74 Å². The van der Waals surface area contributed by atoms with E-state index < -0.39 is 23.8 Å². The minimum absolute atomic E-state index is 0.140. The SMILES string of the molecule is CC(OCC1CC1)C(=O)N1CCN(C(=O)c2ccccc2C(F)(F)F)CC1. The fourth-order valence-electron chi connectivity index (χ4n) is 3.11. The van der Waals surface area contributed by atoms with Crippen molar-refractivity contribution >= 4 is 11.8 Å². The summed E-state index contributed by atoms with van der Waals surface area (Å²) < 4.78 is 45.0. The molecule has 1 atom stereocenters. The second kappa shape index (κ2) is 7.88. The maximum absolute atomic E-state index is 13.1. The number of nitrogens with zero attached hydrogens (tertiary/aromatic N) is 2. The Hall–Kier alpha value is -2.09. The molecule has 0 radical (unpaired) electrons. The maximum atomic E-state index is 13.1. The summed E-state index contributed by atoms with van der Waals surface area (Å²) in [5, 5.41) is 0. The van der Waals surface area contributed by atoms with Crippen LogP contribution in [0, 0.1) is 5.92 Å². The van der Waals surface area contributed by atoms with E-state index in [9.17, 15) is 22.8 Å². The van der Waals surface area contributed by atoms with Gasteiger partial charge in [0.1, 0.15) is 6.10 Å². The Kier molecular flexibility index (Phi) is 5.74. The van der Waals surface area contributed by atoms with Crippen LogP contribution in [0.5, 0.6) is 0 Å². The van der Waals surface area contributed by atoms with E-state index in [1.807, 2.05) is 0 Å². The monoisotopic (exact) mass is 384 g/mol. The Balaban J connectivity index is 1.57. The molecule has 3 rings (SSSR count). The highest BCUT2D eigenvalue weighted by Crippen LogP contribution is 2.32. The second-order valence-corrected chi connectivity index (χ2v) is 7.08. The summed E-state index contributed by atoms with van der Waals surface area (Å²) >= 11 is 0. The predicted octanol–water partition coefficient (Wildman–Crippen LogP) is 2.80. The number of benzene rings is 1. The second-order valence-electron chi connectivity index (χ2n) is 7.08. The van der Waals surface area contributed by atoms with Gasteiger partial charge >= 0.3 is 6.18 Å². The molecule has 0 N–H and O–H groups in total. The molecular weight excluding hydrogens is 361 g/mol. The van der Waals surface area contributed by atoms with Crippen LogP contribution in [0.15, 0.2) is 24.3 Å². The highest BCUT2D eigenvalue weighted by Gasteiger charge is 2.37. The largest absolute Gasteiger partial charge is 0.417 e. The van der Waals surface area contributed by atoms with Crippen molar-refractivity contribution < 1.29 is 27.5 Å². The molecule has 1 aliphatic heterocycles. The highest BCUT2D eigenvalue weighted by atomic mass is 19.4.